The van der Waals surface area contributed by atoms with Crippen LogP contribution in [-0.2, 0) is 0 Å². The van der Waals surface area contributed by atoms with Crippen LogP contribution in [0.1, 0.15) is 17.4 Å². The Hall–Kier alpha value is -2.45. The van der Waals surface area contributed by atoms with E-state index in [1.54, 1.807) is 0 Å². The van der Waals surface area contributed by atoms with E-state index in [2.05, 4.69) is 15.3 Å². The van der Waals surface area contributed by atoms with Gasteiger partial charge in [0.25, 0.3) is 0 Å². The molecule has 1 aromatic carbocycles. The minimum atomic E-state index is -0.653. The molecule has 0 saturated heterocycles. The summed E-state index contributed by atoms with van der Waals surface area (Å²) in [5, 5.41) is 21.7. The van der Waals surface area contributed by atoms with Crippen LogP contribution in [0.15, 0.2) is 42.7 Å². The topological polar surface area (TPSA) is 81.8 Å². The number of nitrogens with zero attached hydrogens (tertiary/aromatic N) is 3. The van der Waals surface area contributed by atoms with Crippen molar-refractivity contribution in [1.29, 1.82) is 5.26 Å². The van der Waals surface area contributed by atoms with E-state index < -0.39 is 6.10 Å². The molecule has 0 bridgehead atoms. The van der Waals surface area contributed by atoms with Gasteiger partial charge in [0.15, 0.2) is 11.5 Å². The first kappa shape index (κ1) is 12.0. The van der Waals surface area contributed by atoms with Crippen molar-refractivity contribution < 1.29 is 5.11 Å². The number of nitrogens with one attached hydrogen (secondary N) is 1. The van der Waals surface area contributed by atoms with Crippen LogP contribution < -0.4 is 5.32 Å². The summed E-state index contributed by atoms with van der Waals surface area (Å²) in [5.41, 5.74) is 1.03. The standard InChI is InChI=1S/C13H12N4O/c14-8-11-13(16-7-6-15-11)17-9-12(18)10-4-2-1-3-5-10/h1-7,12,18H,9H2,(H,16,17). The molecule has 18 heavy (non-hydrogen) atoms. The molecule has 2 rings (SSSR count). The molecule has 1 unspecified atom stereocenters. The molecule has 1 heterocycles. The van der Waals surface area contributed by atoms with Gasteiger partial charge in [0.2, 0.25) is 0 Å². The Labute approximate surface area is 105 Å². The number of aliphatic hydroxyl groups is 1. The molecule has 5 nitrogen and oxygen atoms in total. The highest BCUT2D eigenvalue weighted by molar-refractivity contribution is 5.46. The minimum absolute atomic E-state index is 0.220. The van der Waals surface area contributed by atoms with E-state index in [-0.39, 0.29) is 12.2 Å². The molecule has 0 aliphatic heterocycles. The average molecular weight is 240 g/mol. The summed E-state index contributed by atoms with van der Waals surface area (Å²) in [6, 6.07) is 11.2. The fourth-order valence-electron chi connectivity index (χ4n) is 1.54. The van der Waals surface area contributed by atoms with E-state index in [0.717, 1.165) is 5.56 Å². The lowest BCUT2D eigenvalue weighted by molar-refractivity contribution is 0.191. The summed E-state index contributed by atoms with van der Waals surface area (Å²) >= 11 is 0. The normalized spacial score (nSPS) is 11.6. The summed E-state index contributed by atoms with van der Waals surface area (Å²) < 4.78 is 0. The van der Waals surface area contributed by atoms with Crippen LogP contribution in [0, 0.1) is 11.3 Å². The van der Waals surface area contributed by atoms with Crippen molar-refractivity contribution in [3.63, 3.8) is 0 Å². The lowest BCUT2D eigenvalue weighted by Crippen LogP contribution is -2.14. The number of rotatable bonds is 4. The molecule has 5 heteroatoms. The second kappa shape index (κ2) is 5.75. The van der Waals surface area contributed by atoms with Crippen LogP contribution in [0.2, 0.25) is 0 Å². The summed E-state index contributed by atoms with van der Waals surface area (Å²) in [7, 11) is 0. The second-order valence-electron chi connectivity index (χ2n) is 3.67. The number of aromatic nitrogens is 2. The van der Waals surface area contributed by atoms with Gasteiger partial charge >= 0.3 is 0 Å². The van der Waals surface area contributed by atoms with E-state index in [9.17, 15) is 5.11 Å². The number of hydrogen-bond acceptors (Lipinski definition) is 5. The molecule has 0 aliphatic rings. The first-order valence-corrected chi connectivity index (χ1v) is 5.49. The fraction of sp³-hybridized carbons (Fsp3) is 0.154. The highest BCUT2D eigenvalue weighted by Gasteiger charge is 2.09. The molecule has 1 atom stereocenters. The van der Waals surface area contributed by atoms with E-state index in [0.29, 0.717) is 5.82 Å². The zero-order valence-electron chi connectivity index (χ0n) is 9.61. The molecule has 0 fully saturated rings. The van der Waals surface area contributed by atoms with Crippen LogP contribution in [0.4, 0.5) is 5.82 Å². The Balaban J connectivity index is 2.02. The van der Waals surface area contributed by atoms with Gasteiger partial charge in [-0.15, -0.1) is 0 Å². The maximum Gasteiger partial charge on any atom is 0.182 e. The summed E-state index contributed by atoms with van der Waals surface area (Å²) in [6.07, 6.45) is 2.30. The molecule has 0 amide bonds. The minimum Gasteiger partial charge on any atom is -0.387 e. The number of anilines is 1. The predicted octanol–water partition coefficient (Wildman–Crippen LogP) is 1.49. The highest BCUT2D eigenvalue weighted by atomic mass is 16.3. The number of aliphatic hydroxyl groups excluding tert-OH is 1. The Morgan fingerprint density at radius 1 is 1.22 bits per heavy atom. The van der Waals surface area contributed by atoms with E-state index in [1.165, 1.54) is 12.4 Å². The maximum atomic E-state index is 9.95. The highest BCUT2D eigenvalue weighted by Crippen LogP contribution is 2.14. The van der Waals surface area contributed by atoms with Gasteiger partial charge in [0.05, 0.1) is 6.10 Å². The van der Waals surface area contributed by atoms with Gasteiger partial charge in [-0.1, -0.05) is 30.3 Å². The molecule has 90 valence electrons. The number of hydrogen-bond donors (Lipinski definition) is 2. The van der Waals surface area contributed by atoms with E-state index in [1.807, 2.05) is 36.4 Å². The average Bonchev–Trinajstić information content (AvgIpc) is 2.46. The van der Waals surface area contributed by atoms with Crippen LogP contribution in [0.5, 0.6) is 0 Å². The molecule has 0 aliphatic carbocycles. The molecule has 0 radical (unpaired) electrons. The quantitative estimate of drug-likeness (QED) is 0.846. The Bertz CT molecular complexity index is 550. The SMILES string of the molecule is N#Cc1nccnc1NCC(O)c1ccccc1. The summed E-state index contributed by atoms with van der Waals surface area (Å²) in [5.74, 6) is 0.384. The Morgan fingerprint density at radius 3 is 2.67 bits per heavy atom. The zero-order valence-corrected chi connectivity index (χ0v) is 9.61. The third kappa shape index (κ3) is 2.81. The predicted molar refractivity (Wildman–Crippen MR) is 66.6 cm³/mol. The van der Waals surface area contributed by atoms with E-state index >= 15 is 0 Å². The Kier molecular flexibility index (Phi) is 3.84. The fourth-order valence-corrected chi connectivity index (χ4v) is 1.54. The lowest BCUT2D eigenvalue weighted by Gasteiger charge is -2.12. The maximum absolute atomic E-state index is 9.95. The van der Waals surface area contributed by atoms with Gasteiger partial charge in [0, 0.05) is 18.9 Å². The van der Waals surface area contributed by atoms with Crippen molar-refractivity contribution in [1.82, 2.24) is 9.97 Å². The second-order valence-corrected chi connectivity index (χ2v) is 3.67. The van der Waals surface area contributed by atoms with Crippen molar-refractivity contribution in [2.45, 2.75) is 6.10 Å². The van der Waals surface area contributed by atoms with Gasteiger partial charge in [-0.25, -0.2) is 9.97 Å². The van der Waals surface area contributed by atoms with Gasteiger partial charge in [-0.2, -0.15) is 5.26 Å². The van der Waals surface area contributed by atoms with Gasteiger partial charge in [-0.05, 0) is 5.56 Å². The number of benzene rings is 1. The molecule has 0 spiro atoms. The third-order valence-electron chi connectivity index (χ3n) is 2.45. The van der Waals surface area contributed by atoms with Crippen LogP contribution >= 0.6 is 0 Å². The van der Waals surface area contributed by atoms with Gasteiger partial charge < -0.3 is 10.4 Å². The summed E-state index contributed by atoms with van der Waals surface area (Å²) in [4.78, 5) is 7.89. The largest absolute Gasteiger partial charge is 0.387 e. The van der Waals surface area contributed by atoms with E-state index in [4.69, 9.17) is 5.26 Å². The zero-order chi connectivity index (χ0) is 12.8. The summed E-state index contributed by atoms with van der Waals surface area (Å²) in [6.45, 7) is 0.275. The van der Waals surface area contributed by atoms with Crippen molar-refractivity contribution in [2.24, 2.45) is 0 Å². The van der Waals surface area contributed by atoms with Gasteiger partial charge in [0.1, 0.15) is 6.07 Å². The first-order valence-electron chi connectivity index (χ1n) is 5.49. The number of nitriles is 1. The van der Waals surface area contributed by atoms with Crippen molar-refractivity contribution in [2.75, 3.05) is 11.9 Å². The molecular weight excluding hydrogens is 228 g/mol. The van der Waals surface area contributed by atoms with Crippen LogP contribution in [0.3, 0.4) is 0 Å². The lowest BCUT2D eigenvalue weighted by atomic mass is 10.1. The van der Waals surface area contributed by atoms with Crippen LogP contribution in [-0.4, -0.2) is 21.6 Å². The third-order valence-corrected chi connectivity index (χ3v) is 2.45. The first-order chi connectivity index (χ1) is 8.81. The molecular formula is C13H12N4O. The molecule has 2 N–H and O–H groups in total. The Morgan fingerprint density at radius 2 is 1.94 bits per heavy atom. The van der Waals surface area contributed by atoms with Gasteiger partial charge in [-0.3, -0.25) is 0 Å². The molecule has 0 saturated carbocycles. The molecule has 1 aromatic heterocycles. The van der Waals surface area contributed by atoms with Crippen molar-refractivity contribution in [3.05, 3.63) is 54.0 Å². The van der Waals surface area contributed by atoms with Crippen molar-refractivity contribution >= 4 is 5.82 Å². The van der Waals surface area contributed by atoms with Crippen LogP contribution in [0.25, 0.3) is 0 Å². The van der Waals surface area contributed by atoms with Crippen molar-refractivity contribution in [3.8, 4) is 6.07 Å². The smallest absolute Gasteiger partial charge is 0.182 e. The molecule has 2 aromatic rings. The monoisotopic (exact) mass is 240 g/mol.